The van der Waals surface area contributed by atoms with Crippen LogP contribution in [0.25, 0.3) is 0 Å². The largest absolute Gasteiger partial charge is 0.393 e. The molecule has 0 aliphatic heterocycles. The van der Waals surface area contributed by atoms with Crippen molar-refractivity contribution in [1.82, 2.24) is 5.32 Å². The van der Waals surface area contributed by atoms with Crippen LogP contribution in [0.2, 0.25) is 0 Å². The number of rotatable bonds is 6. The fraction of sp³-hybridized carbons (Fsp3) is 0.778. The number of aliphatic hydroxyl groups is 1. The van der Waals surface area contributed by atoms with Crippen LogP contribution in [0.1, 0.15) is 26.2 Å². The Morgan fingerprint density at radius 1 is 1.55 bits per heavy atom. The molecule has 0 aromatic heterocycles. The highest BCUT2D eigenvalue weighted by Gasteiger charge is 1.97. The van der Waals surface area contributed by atoms with Gasteiger partial charge in [0, 0.05) is 13.0 Å². The average Bonchev–Trinajstić information content (AvgIpc) is 2.04. The molecular formula is C9H17NO. The van der Waals surface area contributed by atoms with Gasteiger partial charge in [-0.05, 0) is 19.4 Å². The van der Waals surface area contributed by atoms with E-state index in [0.29, 0.717) is 0 Å². The molecule has 0 saturated heterocycles. The van der Waals surface area contributed by atoms with Crippen molar-refractivity contribution in [2.75, 3.05) is 13.1 Å². The lowest BCUT2D eigenvalue weighted by Gasteiger charge is -2.06. The summed E-state index contributed by atoms with van der Waals surface area (Å²) in [4.78, 5) is 0. The molecular weight excluding hydrogens is 138 g/mol. The number of nitrogens with one attached hydrogen (secondary N) is 1. The summed E-state index contributed by atoms with van der Waals surface area (Å²) in [5.41, 5.74) is 0. The molecule has 0 aliphatic carbocycles. The predicted octanol–water partition coefficient (Wildman–Crippen LogP) is 0.760. The van der Waals surface area contributed by atoms with Crippen LogP contribution in [0.3, 0.4) is 0 Å². The second kappa shape index (κ2) is 7.59. The quantitative estimate of drug-likeness (QED) is 0.438. The number of aliphatic hydroxyl groups excluding tert-OH is 1. The van der Waals surface area contributed by atoms with E-state index in [1.807, 2.05) is 6.92 Å². The van der Waals surface area contributed by atoms with Crippen molar-refractivity contribution < 1.29 is 5.11 Å². The Morgan fingerprint density at radius 3 is 2.82 bits per heavy atom. The zero-order valence-electron chi connectivity index (χ0n) is 7.14. The maximum Gasteiger partial charge on any atom is 0.0549 e. The van der Waals surface area contributed by atoms with E-state index < -0.39 is 0 Å². The summed E-state index contributed by atoms with van der Waals surface area (Å²) in [5.74, 6) is 2.54. The lowest BCUT2D eigenvalue weighted by Crippen LogP contribution is -2.20. The third kappa shape index (κ3) is 7.38. The highest BCUT2D eigenvalue weighted by Crippen LogP contribution is 1.93. The lowest BCUT2D eigenvalue weighted by molar-refractivity contribution is 0.160. The highest BCUT2D eigenvalue weighted by molar-refractivity contribution is 4.83. The van der Waals surface area contributed by atoms with E-state index >= 15 is 0 Å². The maximum absolute atomic E-state index is 9.13. The molecule has 0 spiro atoms. The molecule has 11 heavy (non-hydrogen) atoms. The Morgan fingerprint density at radius 2 is 2.27 bits per heavy atom. The van der Waals surface area contributed by atoms with Gasteiger partial charge < -0.3 is 10.4 Å². The third-order valence-electron chi connectivity index (χ3n) is 1.57. The second-order valence-electron chi connectivity index (χ2n) is 2.55. The van der Waals surface area contributed by atoms with Crippen LogP contribution in [0.5, 0.6) is 0 Å². The smallest absolute Gasteiger partial charge is 0.0549 e. The minimum Gasteiger partial charge on any atom is -0.393 e. The Hall–Kier alpha value is -0.520. The monoisotopic (exact) mass is 155 g/mol. The van der Waals surface area contributed by atoms with Gasteiger partial charge in [-0.3, -0.25) is 0 Å². The molecule has 2 nitrogen and oxygen atoms in total. The zero-order chi connectivity index (χ0) is 8.53. The molecule has 0 aromatic rings. The van der Waals surface area contributed by atoms with Gasteiger partial charge in [-0.1, -0.05) is 6.92 Å². The molecule has 0 amide bonds. The highest BCUT2D eigenvalue weighted by atomic mass is 16.3. The van der Waals surface area contributed by atoms with Crippen LogP contribution < -0.4 is 5.32 Å². The van der Waals surface area contributed by atoms with E-state index in [4.69, 9.17) is 11.5 Å². The molecule has 1 atom stereocenters. The second-order valence-corrected chi connectivity index (χ2v) is 2.55. The van der Waals surface area contributed by atoms with Gasteiger partial charge in [-0.15, -0.1) is 12.3 Å². The Bertz CT molecular complexity index is 117. The van der Waals surface area contributed by atoms with E-state index in [1.165, 1.54) is 0 Å². The lowest BCUT2D eigenvalue weighted by atomic mass is 10.2. The molecule has 0 aliphatic rings. The van der Waals surface area contributed by atoms with Gasteiger partial charge in [0.2, 0.25) is 0 Å². The minimum absolute atomic E-state index is 0.159. The van der Waals surface area contributed by atoms with Crippen molar-refractivity contribution >= 4 is 0 Å². The molecule has 1 unspecified atom stereocenters. The van der Waals surface area contributed by atoms with Crippen molar-refractivity contribution in [3.8, 4) is 12.3 Å². The molecule has 0 fully saturated rings. The van der Waals surface area contributed by atoms with Gasteiger partial charge in [-0.25, -0.2) is 0 Å². The first-order valence-corrected chi connectivity index (χ1v) is 4.13. The standard InChI is InChI=1S/C9H17NO/c1-3-5-7-10-8-6-9(11)4-2/h1,9-11H,4-8H2,2H3. The molecule has 2 N–H and O–H groups in total. The molecule has 0 radical (unpaired) electrons. The first-order valence-electron chi connectivity index (χ1n) is 4.13. The topological polar surface area (TPSA) is 32.3 Å². The molecule has 0 bridgehead atoms. The van der Waals surface area contributed by atoms with E-state index in [1.54, 1.807) is 0 Å². The molecule has 0 rings (SSSR count). The van der Waals surface area contributed by atoms with E-state index in [2.05, 4.69) is 11.2 Å². The van der Waals surface area contributed by atoms with Crippen molar-refractivity contribution in [3.63, 3.8) is 0 Å². The van der Waals surface area contributed by atoms with Crippen LogP contribution in [-0.2, 0) is 0 Å². The van der Waals surface area contributed by atoms with Crippen LogP contribution in [0.4, 0.5) is 0 Å². The molecule has 0 aromatic carbocycles. The summed E-state index contributed by atoms with van der Waals surface area (Å²) >= 11 is 0. The Labute approximate surface area is 69.0 Å². The van der Waals surface area contributed by atoms with E-state index in [9.17, 15) is 0 Å². The van der Waals surface area contributed by atoms with Crippen molar-refractivity contribution in [1.29, 1.82) is 0 Å². The number of terminal acetylenes is 1. The van der Waals surface area contributed by atoms with Crippen molar-refractivity contribution in [2.24, 2.45) is 0 Å². The first kappa shape index (κ1) is 10.5. The molecule has 64 valence electrons. The van der Waals surface area contributed by atoms with Gasteiger partial charge in [0.1, 0.15) is 0 Å². The summed E-state index contributed by atoms with van der Waals surface area (Å²) in [6.45, 7) is 3.69. The van der Waals surface area contributed by atoms with Crippen LogP contribution in [0.15, 0.2) is 0 Å². The maximum atomic E-state index is 9.13. The Kier molecular flexibility index (Phi) is 7.23. The third-order valence-corrected chi connectivity index (χ3v) is 1.57. The van der Waals surface area contributed by atoms with Crippen LogP contribution in [-0.4, -0.2) is 24.3 Å². The van der Waals surface area contributed by atoms with Crippen molar-refractivity contribution in [3.05, 3.63) is 0 Å². The summed E-state index contributed by atoms with van der Waals surface area (Å²) in [6, 6.07) is 0. The van der Waals surface area contributed by atoms with Gasteiger partial charge in [0.25, 0.3) is 0 Å². The Balaban J connectivity index is 2.97. The fourth-order valence-corrected chi connectivity index (χ4v) is 0.758. The normalized spacial score (nSPS) is 12.5. The number of hydrogen-bond acceptors (Lipinski definition) is 2. The van der Waals surface area contributed by atoms with E-state index in [0.717, 1.165) is 32.4 Å². The molecule has 0 heterocycles. The van der Waals surface area contributed by atoms with Crippen LogP contribution in [0, 0.1) is 12.3 Å². The van der Waals surface area contributed by atoms with Gasteiger partial charge in [0.15, 0.2) is 0 Å². The zero-order valence-corrected chi connectivity index (χ0v) is 7.14. The summed E-state index contributed by atoms with van der Waals surface area (Å²) < 4.78 is 0. The SMILES string of the molecule is C#CCCNCCC(O)CC. The van der Waals surface area contributed by atoms with Gasteiger partial charge >= 0.3 is 0 Å². The molecule has 2 heteroatoms. The van der Waals surface area contributed by atoms with Gasteiger partial charge in [0.05, 0.1) is 6.10 Å². The fourth-order valence-electron chi connectivity index (χ4n) is 0.758. The summed E-state index contributed by atoms with van der Waals surface area (Å²) in [6.07, 6.45) is 7.32. The summed E-state index contributed by atoms with van der Waals surface area (Å²) in [5, 5.41) is 12.3. The van der Waals surface area contributed by atoms with Crippen LogP contribution >= 0.6 is 0 Å². The van der Waals surface area contributed by atoms with E-state index in [-0.39, 0.29) is 6.10 Å². The number of hydrogen-bond donors (Lipinski definition) is 2. The minimum atomic E-state index is -0.159. The predicted molar refractivity (Wildman–Crippen MR) is 47.2 cm³/mol. The van der Waals surface area contributed by atoms with Crippen molar-refractivity contribution in [2.45, 2.75) is 32.3 Å². The molecule has 0 saturated carbocycles. The summed E-state index contributed by atoms with van der Waals surface area (Å²) in [7, 11) is 0. The average molecular weight is 155 g/mol. The first-order chi connectivity index (χ1) is 5.31. The van der Waals surface area contributed by atoms with Gasteiger partial charge in [-0.2, -0.15) is 0 Å².